The minimum absolute atomic E-state index is 0.227. The van der Waals surface area contributed by atoms with E-state index >= 15 is 0 Å². The van der Waals surface area contributed by atoms with Crippen molar-refractivity contribution < 1.29 is 8.42 Å². The van der Waals surface area contributed by atoms with Crippen molar-refractivity contribution in [3.05, 3.63) is 24.4 Å². The van der Waals surface area contributed by atoms with E-state index in [1.54, 1.807) is 12.3 Å². The maximum Gasteiger partial charge on any atom is 0.234 e. The second-order valence-corrected chi connectivity index (χ2v) is 4.70. The lowest BCUT2D eigenvalue weighted by atomic mass is 10.4. The summed E-state index contributed by atoms with van der Waals surface area (Å²) in [7, 11) is -3.04. The Bertz CT molecular complexity index is 290. The highest BCUT2D eigenvalue weighted by Crippen LogP contribution is 2.07. The first-order valence-electron chi connectivity index (χ1n) is 3.99. The van der Waals surface area contributed by atoms with E-state index in [1.807, 2.05) is 19.1 Å². The number of sulfonamides is 1. The van der Waals surface area contributed by atoms with Gasteiger partial charge in [0.05, 0.1) is 12.3 Å². The molecule has 12 heavy (non-hydrogen) atoms. The minimum atomic E-state index is -3.04. The van der Waals surface area contributed by atoms with Crippen molar-refractivity contribution >= 4 is 10.0 Å². The van der Waals surface area contributed by atoms with Crippen LogP contribution in [-0.4, -0.2) is 25.0 Å². The van der Waals surface area contributed by atoms with Gasteiger partial charge in [-0.15, -0.1) is 0 Å². The van der Waals surface area contributed by atoms with Crippen LogP contribution in [0.15, 0.2) is 24.4 Å². The van der Waals surface area contributed by atoms with Gasteiger partial charge in [-0.1, -0.05) is 19.1 Å². The summed E-state index contributed by atoms with van der Waals surface area (Å²) < 4.78 is 24.2. The first kappa shape index (κ1) is 9.32. The van der Waals surface area contributed by atoms with Crippen LogP contribution in [0.2, 0.25) is 0 Å². The molecule has 0 aromatic carbocycles. The Hall–Kier alpha value is -0.770. The fraction of sp³-hybridized carbons (Fsp3) is 0.500. The highest BCUT2D eigenvalue weighted by atomic mass is 32.2. The van der Waals surface area contributed by atoms with Gasteiger partial charge < -0.3 is 0 Å². The van der Waals surface area contributed by atoms with Crippen LogP contribution in [0.3, 0.4) is 0 Å². The van der Waals surface area contributed by atoms with Gasteiger partial charge >= 0.3 is 0 Å². The zero-order chi connectivity index (χ0) is 9.03. The molecule has 68 valence electrons. The van der Waals surface area contributed by atoms with Gasteiger partial charge in [0, 0.05) is 6.20 Å². The Labute approximate surface area is 73.4 Å². The van der Waals surface area contributed by atoms with Crippen LogP contribution in [0.1, 0.15) is 13.3 Å². The Morgan fingerprint density at radius 3 is 2.67 bits per heavy atom. The summed E-state index contributed by atoms with van der Waals surface area (Å²) in [5, 5.41) is 0. The molecular weight excluding hydrogens is 174 g/mol. The van der Waals surface area contributed by atoms with E-state index in [2.05, 4.69) is 0 Å². The molecule has 3 nitrogen and oxygen atoms in total. The first-order chi connectivity index (χ1) is 5.67. The van der Waals surface area contributed by atoms with E-state index in [1.165, 1.54) is 4.31 Å². The SMILES string of the molecule is CCCS(=O)(=O)N1C=CC=CC1. The average molecular weight is 187 g/mol. The van der Waals surface area contributed by atoms with E-state index in [-0.39, 0.29) is 5.75 Å². The third-order valence-electron chi connectivity index (χ3n) is 1.60. The standard InChI is InChI=1S/C8H13NO2S/c1-2-8-12(10,11)9-6-4-3-5-7-9/h3-6H,2,7-8H2,1H3. The van der Waals surface area contributed by atoms with Crippen LogP contribution in [0.4, 0.5) is 0 Å². The Kier molecular flexibility index (Phi) is 2.92. The Morgan fingerprint density at radius 1 is 1.42 bits per heavy atom. The van der Waals surface area contributed by atoms with E-state index < -0.39 is 10.0 Å². The van der Waals surface area contributed by atoms with Crippen molar-refractivity contribution in [2.45, 2.75) is 13.3 Å². The zero-order valence-electron chi connectivity index (χ0n) is 7.10. The predicted molar refractivity (Wildman–Crippen MR) is 49.1 cm³/mol. The van der Waals surface area contributed by atoms with Crippen molar-refractivity contribution in [2.75, 3.05) is 12.3 Å². The molecule has 0 saturated carbocycles. The molecule has 0 bridgehead atoms. The molecule has 1 rings (SSSR count). The lowest BCUT2D eigenvalue weighted by molar-refractivity contribution is 0.519. The third-order valence-corrected chi connectivity index (χ3v) is 3.51. The van der Waals surface area contributed by atoms with Crippen molar-refractivity contribution in [3.8, 4) is 0 Å². The zero-order valence-corrected chi connectivity index (χ0v) is 7.92. The van der Waals surface area contributed by atoms with Crippen LogP contribution < -0.4 is 0 Å². The summed E-state index contributed by atoms with van der Waals surface area (Å²) in [4.78, 5) is 0. The predicted octanol–water partition coefficient (Wildman–Crippen LogP) is 1.11. The molecule has 0 N–H and O–H groups in total. The quantitative estimate of drug-likeness (QED) is 0.663. The maximum atomic E-state index is 11.4. The second kappa shape index (κ2) is 3.76. The highest BCUT2D eigenvalue weighted by Gasteiger charge is 2.16. The average Bonchev–Trinajstić information content (AvgIpc) is 2.06. The van der Waals surface area contributed by atoms with Gasteiger partial charge in [0.2, 0.25) is 10.0 Å². The van der Waals surface area contributed by atoms with Gasteiger partial charge in [-0.25, -0.2) is 8.42 Å². The molecule has 0 unspecified atom stereocenters. The largest absolute Gasteiger partial charge is 0.273 e. The molecule has 0 aliphatic carbocycles. The summed E-state index contributed by atoms with van der Waals surface area (Å²) in [6, 6.07) is 0. The Balaban J connectivity index is 2.70. The molecule has 1 heterocycles. The number of hydrogen-bond acceptors (Lipinski definition) is 2. The van der Waals surface area contributed by atoms with E-state index in [9.17, 15) is 8.42 Å². The molecule has 0 saturated heterocycles. The van der Waals surface area contributed by atoms with Crippen LogP contribution in [0, 0.1) is 0 Å². The van der Waals surface area contributed by atoms with Crippen molar-refractivity contribution in [3.63, 3.8) is 0 Å². The third kappa shape index (κ3) is 2.11. The van der Waals surface area contributed by atoms with Crippen LogP contribution in [-0.2, 0) is 10.0 Å². The molecule has 1 aliphatic heterocycles. The van der Waals surface area contributed by atoms with E-state index in [0.717, 1.165) is 0 Å². The molecule has 1 aliphatic rings. The Morgan fingerprint density at radius 2 is 2.17 bits per heavy atom. The molecular formula is C8H13NO2S. The number of rotatable bonds is 3. The molecule has 0 radical (unpaired) electrons. The molecule has 0 amide bonds. The van der Waals surface area contributed by atoms with Crippen LogP contribution in [0.5, 0.6) is 0 Å². The number of allylic oxidation sites excluding steroid dienone is 2. The lowest BCUT2D eigenvalue weighted by Crippen LogP contribution is -2.29. The molecule has 0 aromatic heterocycles. The summed E-state index contributed by atoms with van der Waals surface area (Å²) >= 11 is 0. The van der Waals surface area contributed by atoms with Crippen molar-refractivity contribution in [2.24, 2.45) is 0 Å². The first-order valence-corrected chi connectivity index (χ1v) is 5.60. The summed E-state index contributed by atoms with van der Waals surface area (Å²) in [6.07, 6.45) is 7.67. The monoisotopic (exact) mass is 187 g/mol. The molecule has 0 spiro atoms. The maximum absolute atomic E-state index is 11.4. The number of hydrogen-bond donors (Lipinski definition) is 0. The fourth-order valence-corrected chi connectivity index (χ4v) is 2.35. The number of nitrogens with zero attached hydrogens (tertiary/aromatic N) is 1. The molecule has 4 heteroatoms. The van der Waals surface area contributed by atoms with E-state index in [4.69, 9.17) is 0 Å². The summed E-state index contributed by atoms with van der Waals surface area (Å²) in [5.74, 6) is 0.227. The second-order valence-electron chi connectivity index (χ2n) is 2.66. The van der Waals surface area contributed by atoms with Crippen LogP contribution >= 0.6 is 0 Å². The van der Waals surface area contributed by atoms with Crippen molar-refractivity contribution in [1.82, 2.24) is 4.31 Å². The summed E-state index contributed by atoms with van der Waals surface area (Å²) in [6.45, 7) is 2.33. The van der Waals surface area contributed by atoms with Gasteiger partial charge in [0.1, 0.15) is 0 Å². The van der Waals surface area contributed by atoms with Gasteiger partial charge in [-0.2, -0.15) is 0 Å². The van der Waals surface area contributed by atoms with E-state index in [0.29, 0.717) is 13.0 Å². The van der Waals surface area contributed by atoms with Crippen molar-refractivity contribution in [1.29, 1.82) is 0 Å². The molecule has 0 aromatic rings. The smallest absolute Gasteiger partial charge is 0.234 e. The van der Waals surface area contributed by atoms with Gasteiger partial charge in [-0.05, 0) is 12.5 Å². The van der Waals surface area contributed by atoms with Gasteiger partial charge in [0.25, 0.3) is 0 Å². The highest BCUT2D eigenvalue weighted by molar-refractivity contribution is 7.89. The summed E-state index contributed by atoms with van der Waals surface area (Å²) in [5.41, 5.74) is 0. The minimum Gasteiger partial charge on any atom is -0.273 e. The molecule has 0 atom stereocenters. The molecule has 0 fully saturated rings. The topological polar surface area (TPSA) is 37.4 Å². The normalized spacial score (nSPS) is 16.9. The van der Waals surface area contributed by atoms with Crippen LogP contribution in [0.25, 0.3) is 0 Å². The van der Waals surface area contributed by atoms with Gasteiger partial charge in [0.15, 0.2) is 0 Å². The fourth-order valence-electron chi connectivity index (χ4n) is 1.03. The van der Waals surface area contributed by atoms with Gasteiger partial charge in [-0.3, -0.25) is 4.31 Å². The lowest BCUT2D eigenvalue weighted by Gasteiger charge is -2.19.